The molecule has 204 valence electrons. The molecule has 0 radical (unpaired) electrons. The van der Waals surface area contributed by atoms with Gasteiger partial charge in [0, 0.05) is 24.3 Å². The number of aromatic nitrogens is 4. The number of aliphatic hydroxyl groups excluding tert-OH is 2. The molecular weight excluding hydrogens is 520 g/mol. The van der Waals surface area contributed by atoms with Gasteiger partial charge in [-0.3, -0.25) is 4.57 Å². The Hall–Kier alpha value is -3.68. The normalized spacial score (nSPS) is 19.5. The Balaban J connectivity index is 1.50. The maximum absolute atomic E-state index is 12.0. The third-order valence-electron chi connectivity index (χ3n) is 6.69. The molecule has 0 aliphatic carbocycles. The highest BCUT2D eigenvalue weighted by Gasteiger charge is 2.35. The van der Waals surface area contributed by atoms with Crippen LogP contribution in [0.25, 0.3) is 11.2 Å². The number of benzene rings is 2. The quantitative estimate of drug-likeness (QED) is 0.220. The van der Waals surface area contributed by atoms with Gasteiger partial charge in [0.2, 0.25) is 10.0 Å². The molecule has 1 aliphatic heterocycles. The molecule has 39 heavy (non-hydrogen) atoms. The maximum atomic E-state index is 12.0. The van der Waals surface area contributed by atoms with Crippen molar-refractivity contribution in [1.82, 2.24) is 24.2 Å². The Bertz CT molecular complexity index is 1490. The first kappa shape index (κ1) is 26.9. The van der Waals surface area contributed by atoms with E-state index in [1.54, 1.807) is 10.9 Å². The number of anilines is 1. The molecule has 0 spiro atoms. The molecule has 4 N–H and O–H groups in total. The summed E-state index contributed by atoms with van der Waals surface area (Å²) in [6.45, 7) is 3.32. The molecule has 0 saturated carbocycles. The number of fused-ring (bicyclic) bond motifs is 1. The molecular formula is C27H30N6O5S. The summed E-state index contributed by atoms with van der Waals surface area (Å²) >= 11 is 0. The summed E-state index contributed by atoms with van der Waals surface area (Å²) in [7, 11) is -3.71. The molecule has 2 aromatic carbocycles. The Kier molecular flexibility index (Phi) is 8.00. The summed E-state index contributed by atoms with van der Waals surface area (Å²) in [5, 5.41) is 24.0. The zero-order valence-corrected chi connectivity index (χ0v) is 21.9. The van der Waals surface area contributed by atoms with Gasteiger partial charge in [-0.25, -0.2) is 28.1 Å². The van der Waals surface area contributed by atoms with Crippen molar-refractivity contribution < 1.29 is 23.4 Å². The minimum atomic E-state index is -3.71. The van der Waals surface area contributed by atoms with Crippen LogP contribution < -0.4 is 10.0 Å². The maximum Gasteiger partial charge on any atom is 0.233 e. The first-order chi connectivity index (χ1) is 18.9. The van der Waals surface area contributed by atoms with E-state index in [1.165, 1.54) is 0 Å². The smallest absolute Gasteiger partial charge is 0.233 e. The summed E-state index contributed by atoms with van der Waals surface area (Å²) in [5.74, 6) is 0.645. The fourth-order valence-electron chi connectivity index (χ4n) is 4.65. The van der Waals surface area contributed by atoms with Crippen molar-refractivity contribution in [3.63, 3.8) is 0 Å². The Morgan fingerprint density at radius 2 is 1.77 bits per heavy atom. The Morgan fingerprint density at radius 1 is 1.10 bits per heavy atom. The molecule has 1 fully saturated rings. The number of ether oxygens (including phenoxy) is 1. The van der Waals surface area contributed by atoms with Crippen LogP contribution in [0.15, 0.2) is 79.0 Å². The summed E-state index contributed by atoms with van der Waals surface area (Å²) in [6.07, 6.45) is -0.377. The minimum Gasteiger partial charge on any atom is -0.394 e. The fraction of sp³-hybridized carbons (Fsp3) is 0.296. The van der Waals surface area contributed by atoms with Gasteiger partial charge in [0.1, 0.15) is 18.2 Å². The van der Waals surface area contributed by atoms with Gasteiger partial charge in [-0.05, 0) is 11.1 Å². The summed E-state index contributed by atoms with van der Waals surface area (Å²) in [4.78, 5) is 13.7. The monoisotopic (exact) mass is 550 g/mol. The van der Waals surface area contributed by atoms with E-state index in [2.05, 4.69) is 55.8 Å². The molecule has 2 unspecified atom stereocenters. The van der Waals surface area contributed by atoms with Crippen molar-refractivity contribution >= 4 is 27.0 Å². The predicted octanol–water partition coefficient (Wildman–Crippen LogP) is 2.27. The lowest BCUT2D eigenvalue weighted by molar-refractivity contribution is -0.0432. The number of sulfonamides is 1. The minimum absolute atomic E-state index is 0.000782. The van der Waals surface area contributed by atoms with Crippen LogP contribution in [-0.4, -0.2) is 63.5 Å². The van der Waals surface area contributed by atoms with Crippen molar-refractivity contribution in [2.45, 2.75) is 37.3 Å². The third kappa shape index (κ3) is 6.00. The van der Waals surface area contributed by atoms with E-state index in [4.69, 9.17) is 4.74 Å². The van der Waals surface area contributed by atoms with Crippen molar-refractivity contribution in [1.29, 1.82) is 0 Å². The summed E-state index contributed by atoms with van der Waals surface area (Å²) in [6, 6.07) is 20.2. The molecule has 2 aromatic heterocycles. The lowest BCUT2D eigenvalue weighted by Crippen LogP contribution is -2.24. The van der Waals surface area contributed by atoms with E-state index in [0.29, 0.717) is 23.5 Å². The van der Waals surface area contributed by atoms with E-state index in [-0.39, 0.29) is 31.3 Å². The number of nitrogens with one attached hydrogen (secondary N) is 2. The van der Waals surface area contributed by atoms with Gasteiger partial charge >= 0.3 is 0 Å². The number of nitrogens with zero attached hydrogens (tertiary/aromatic N) is 4. The van der Waals surface area contributed by atoms with Gasteiger partial charge in [0.05, 0.1) is 25.6 Å². The second-order valence-corrected chi connectivity index (χ2v) is 10.9. The van der Waals surface area contributed by atoms with Crippen LogP contribution in [0.3, 0.4) is 0 Å². The molecule has 12 heteroatoms. The average molecular weight is 551 g/mol. The van der Waals surface area contributed by atoms with E-state index in [9.17, 15) is 18.6 Å². The van der Waals surface area contributed by atoms with Crippen LogP contribution in [0.1, 0.15) is 35.5 Å². The van der Waals surface area contributed by atoms with Gasteiger partial charge in [0.15, 0.2) is 17.0 Å². The molecule has 11 nitrogen and oxygen atoms in total. The van der Waals surface area contributed by atoms with Crippen molar-refractivity contribution in [3.8, 4) is 0 Å². The van der Waals surface area contributed by atoms with E-state index < -0.39 is 28.5 Å². The summed E-state index contributed by atoms with van der Waals surface area (Å²) < 4.78 is 33.9. The largest absolute Gasteiger partial charge is 0.394 e. The number of imidazole rings is 1. The van der Waals surface area contributed by atoms with E-state index >= 15 is 0 Å². The van der Waals surface area contributed by atoms with Crippen molar-refractivity contribution in [3.05, 3.63) is 95.9 Å². The van der Waals surface area contributed by atoms with Crippen LogP contribution in [-0.2, 0) is 21.3 Å². The molecule has 3 atom stereocenters. The molecule has 3 heterocycles. The van der Waals surface area contributed by atoms with E-state index in [0.717, 1.165) is 16.5 Å². The molecule has 1 saturated heterocycles. The third-order valence-corrected chi connectivity index (χ3v) is 7.68. The number of hydrogen-bond donors (Lipinski definition) is 4. The van der Waals surface area contributed by atoms with Gasteiger partial charge in [0.25, 0.3) is 0 Å². The summed E-state index contributed by atoms with van der Waals surface area (Å²) in [5.41, 5.74) is 3.12. The van der Waals surface area contributed by atoms with Crippen LogP contribution in [0.4, 0.5) is 5.82 Å². The SMILES string of the molecule is C=CS(=O)(=O)NCc1nc(NCC(c2ccccc2)c2ccccc2)c2ncn(C3C[C@H](O)C(CO)O3)c2n1. The average Bonchev–Trinajstić information content (AvgIpc) is 3.56. The van der Waals surface area contributed by atoms with Crippen molar-refractivity contribution in [2.24, 2.45) is 0 Å². The predicted molar refractivity (Wildman–Crippen MR) is 146 cm³/mol. The second kappa shape index (κ2) is 11.6. The zero-order valence-electron chi connectivity index (χ0n) is 21.1. The van der Waals surface area contributed by atoms with E-state index in [1.807, 2.05) is 36.4 Å². The fourth-order valence-corrected chi connectivity index (χ4v) is 5.09. The molecule has 0 bridgehead atoms. The Morgan fingerprint density at radius 3 is 2.36 bits per heavy atom. The van der Waals surface area contributed by atoms with Gasteiger partial charge in [-0.15, -0.1) is 0 Å². The first-order valence-corrected chi connectivity index (χ1v) is 14.1. The van der Waals surface area contributed by atoms with Crippen LogP contribution in [0, 0.1) is 0 Å². The van der Waals surface area contributed by atoms with Crippen molar-refractivity contribution in [2.75, 3.05) is 18.5 Å². The van der Waals surface area contributed by atoms with Crippen LogP contribution in [0.2, 0.25) is 0 Å². The standard InChI is InChI=1S/C27H30N6O5S/c1-2-39(36,37)30-15-23-31-26(25-27(32-23)33(17-29-25)24-13-21(35)22(16-34)38-24)28-14-20(18-9-5-3-6-10-18)19-11-7-4-8-12-19/h2-12,17,20-22,24,30,34-35H,1,13-16H2,(H,28,31,32)/t21-,22?,24?/m0/s1. The zero-order chi connectivity index (χ0) is 27.4. The highest BCUT2D eigenvalue weighted by molar-refractivity contribution is 7.92. The van der Waals surface area contributed by atoms with Crippen LogP contribution in [0.5, 0.6) is 0 Å². The lowest BCUT2D eigenvalue weighted by atomic mass is 9.91. The highest BCUT2D eigenvalue weighted by atomic mass is 32.2. The second-order valence-electron chi connectivity index (χ2n) is 9.21. The molecule has 1 aliphatic rings. The van der Waals surface area contributed by atoms with Gasteiger partial charge < -0.3 is 20.3 Å². The lowest BCUT2D eigenvalue weighted by Gasteiger charge is -2.20. The number of hydrogen-bond acceptors (Lipinski definition) is 9. The number of aliphatic hydroxyl groups is 2. The molecule has 5 rings (SSSR count). The molecule has 0 amide bonds. The number of rotatable bonds is 11. The van der Waals surface area contributed by atoms with Crippen LogP contribution >= 0.6 is 0 Å². The first-order valence-electron chi connectivity index (χ1n) is 12.5. The van der Waals surface area contributed by atoms with Gasteiger partial charge in [-0.2, -0.15) is 0 Å². The Labute approximate surface area is 226 Å². The highest BCUT2D eigenvalue weighted by Crippen LogP contribution is 2.32. The van der Waals surface area contributed by atoms with Gasteiger partial charge in [-0.1, -0.05) is 67.2 Å². The molecule has 4 aromatic rings. The topological polar surface area (TPSA) is 151 Å².